The van der Waals surface area contributed by atoms with Crippen LogP contribution in [0.15, 0.2) is 59.8 Å². The molecule has 1 amide bonds. The molecule has 5 nitrogen and oxygen atoms in total. The summed E-state index contributed by atoms with van der Waals surface area (Å²) >= 11 is 0. The maximum atomic E-state index is 12.2. The van der Waals surface area contributed by atoms with E-state index in [2.05, 4.69) is 15.3 Å². The lowest BCUT2D eigenvalue weighted by Crippen LogP contribution is -2.33. The molecular formula is C19H22N2O3. The highest BCUT2D eigenvalue weighted by molar-refractivity contribution is 5.95. The van der Waals surface area contributed by atoms with Crippen molar-refractivity contribution in [3.05, 3.63) is 71.3 Å². The first kappa shape index (κ1) is 17.7. The summed E-state index contributed by atoms with van der Waals surface area (Å²) in [4.78, 5) is 16.9. The number of oxime groups is 1. The van der Waals surface area contributed by atoms with Gasteiger partial charge in [0, 0.05) is 11.6 Å². The summed E-state index contributed by atoms with van der Waals surface area (Å²) in [5, 5.41) is 16.8. The van der Waals surface area contributed by atoms with Crippen LogP contribution in [0.25, 0.3) is 0 Å². The van der Waals surface area contributed by atoms with Gasteiger partial charge < -0.3 is 15.3 Å². The highest BCUT2D eigenvalue weighted by Gasteiger charge is 2.15. The molecule has 2 atom stereocenters. The Labute approximate surface area is 142 Å². The molecule has 0 heterocycles. The minimum Gasteiger partial charge on any atom is -0.399 e. The quantitative estimate of drug-likeness (QED) is 0.607. The molecule has 126 valence electrons. The summed E-state index contributed by atoms with van der Waals surface area (Å²) in [5.74, 6) is -0.169. The van der Waals surface area contributed by atoms with E-state index in [1.807, 2.05) is 37.3 Å². The summed E-state index contributed by atoms with van der Waals surface area (Å²) in [6.45, 7) is 1.88. The SMILES string of the molecule is CO/N=C/c1ccc(C(=O)NC(C)CC(O)c2ccccc2)cc1. The van der Waals surface area contributed by atoms with Crippen LogP contribution < -0.4 is 5.32 Å². The number of carbonyl (C=O) groups excluding carboxylic acids is 1. The second kappa shape index (κ2) is 8.84. The number of nitrogens with one attached hydrogen (secondary N) is 1. The molecule has 0 aliphatic carbocycles. The Morgan fingerprint density at radius 2 is 1.88 bits per heavy atom. The van der Waals surface area contributed by atoms with Gasteiger partial charge in [-0.25, -0.2) is 0 Å². The van der Waals surface area contributed by atoms with E-state index in [1.165, 1.54) is 7.11 Å². The summed E-state index contributed by atoms with van der Waals surface area (Å²) in [7, 11) is 1.48. The van der Waals surface area contributed by atoms with Gasteiger partial charge >= 0.3 is 0 Å². The number of hydrogen-bond donors (Lipinski definition) is 2. The van der Waals surface area contributed by atoms with Gasteiger partial charge in [0.05, 0.1) is 12.3 Å². The first-order valence-electron chi connectivity index (χ1n) is 7.80. The first-order valence-corrected chi connectivity index (χ1v) is 7.80. The van der Waals surface area contributed by atoms with Gasteiger partial charge in [0.2, 0.25) is 0 Å². The zero-order valence-electron chi connectivity index (χ0n) is 13.8. The lowest BCUT2D eigenvalue weighted by Gasteiger charge is -2.18. The summed E-state index contributed by atoms with van der Waals surface area (Å²) in [6, 6.07) is 16.3. The number of carbonyl (C=O) groups is 1. The lowest BCUT2D eigenvalue weighted by molar-refractivity contribution is 0.0917. The van der Waals surface area contributed by atoms with Crippen molar-refractivity contribution in [2.75, 3.05) is 7.11 Å². The molecule has 0 radical (unpaired) electrons. The van der Waals surface area contributed by atoms with Gasteiger partial charge in [-0.1, -0.05) is 47.6 Å². The zero-order chi connectivity index (χ0) is 17.4. The number of nitrogens with zero attached hydrogens (tertiary/aromatic N) is 1. The van der Waals surface area contributed by atoms with Crippen molar-refractivity contribution >= 4 is 12.1 Å². The standard InChI is InChI=1S/C19H22N2O3/c1-14(12-18(22)16-6-4-3-5-7-16)21-19(23)17-10-8-15(9-11-17)13-20-24-2/h3-11,13-14,18,22H,12H2,1-2H3,(H,21,23)/b20-13+. The fraction of sp³-hybridized carbons (Fsp3) is 0.263. The third-order valence-electron chi connectivity index (χ3n) is 3.62. The third kappa shape index (κ3) is 5.21. The van der Waals surface area contributed by atoms with Crippen molar-refractivity contribution in [2.45, 2.75) is 25.5 Å². The van der Waals surface area contributed by atoms with E-state index < -0.39 is 6.10 Å². The maximum absolute atomic E-state index is 12.2. The fourth-order valence-electron chi connectivity index (χ4n) is 2.35. The monoisotopic (exact) mass is 326 g/mol. The number of aliphatic hydroxyl groups excluding tert-OH is 1. The largest absolute Gasteiger partial charge is 0.399 e. The van der Waals surface area contributed by atoms with Crippen LogP contribution in [-0.2, 0) is 4.84 Å². The molecule has 0 saturated carbocycles. The Morgan fingerprint density at radius 1 is 1.21 bits per heavy atom. The Hall–Kier alpha value is -2.66. The zero-order valence-corrected chi connectivity index (χ0v) is 13.8. The van der Waals surface area contributed by atoms with E-state index >= 15 is 0 Å². The number of aliphatic hydroxyl groups is 1. The molecule has 0 bridgehead atoms. The molecule has 24 heavy (non-hydrogen) atoms. The second-order valence-corrected chi connectivity index (χ2v) is 5.58. The van der Waals surface area contributed by atoms with Crippen molar-refractivity contribution in [2.24, 2.45) is 5.16 Å². The molecule has 0 aromatic heterocycles. The van der Waals surface area contributed by atoms with Crippen LogP contribution in [0.1, 0.15) is 40.9 Å². The van der Waals surface area contributed by atoms with Crippen LogP contribution in [0.2, 0.25) is 0 Å². The molecule has 2 N–H and O–H groups in total. The molecule has 2 aromatic rings. The van der Waals surface area contributed by atoms with Crippen LogP contribution in [0.4, 0.5) is 0 Å². The molecular weight excluding hydrogens is 304 g/mol. The molecule has 2 rings (SSSR count). The van der Waals surface area contributed by atoms with Crippen molar-refractivity contribution in [3.8, 4) is 0 Å². The summed E-state index contributed by atoms with van der Waals surface area (Å²) in [6.07, 6.45) is 1.42. The van der Waals surface area contributed by atoms with Crippen LogP contribution in [0, 0.1) is 0 Å². The van der Waals surface area contributed by atoms with E-state index in [0.29, 0.717) is 12.0 Å². The second-order valence-electron chi connectivity index (χ2n) is 5.58. The van der Waals surface area contributed by atoms with Crippen LogP contribution in [0.5, 0.6) is 0 Å². The minimum absolute atomic E-state index is 0.151. The predicted octanol–water partition coefficient (Wildman–Crippen LogP) is 2.91. The Kier molecular flexibility index (Phi) is 6.51. The normalized spacial score (nSPS) is 13.5. The van der Waals surface area contributed by atoms with Crippen molar-refractivity contribution in [3.63, 3.8) is 0 Å². The molecule has 5 heteroatoms. The van der Waals surface area contributed by atoms with Crippen LogP contribution in [0.3, 0.4) is 0 Å². The highest BCUT2D eigenvalue weighted by atomic mass is 16.6. The van der Waals surface area contributed by atoms with E-state index in [-0.39, 0.29) is 11.9 Å². The molecule has 2 unspecified atom stereocenters. The Balaban J connectivity index is 1.90. The van der Waals surface area contributed by atoms with Gasteiger partial charge in [-0.05, 0) is 36.6 Å². The minimum atomic E-state index is -0.603. The number of hydrogen-bond acceptors (Lipinski definition) is 4. The molecule has 0 aliphatic rings. The first-order chi connectivity index (χ1) is 11.6. The molecule has 2 aromatic carbocycles. The lowest BCUT2D eigenvalue weighted by atomic mass is 10.0. The molecule has 0 saturated heterocycles. The topological polar surface area (TPSA) is 70.9 Å². The van der Waals surface area contributed by atoms with Gasteiger partial charge in [0.1, 0.15) is 7.11 Å². The van der Waals surface area contributed by atoms with Gasteiger partial charge in [-0.3, -0.25) is 4.79 Å². The molecule has 0 fully saturated rings. The fourth-order valence-corrected chi connectivity index (χ4v) is 2.35. The molecule has 0 spiro atoms. The van der Waals surface area contributed by atoms with Crippen molar-refractivity contribution in [1.82, 2.24) is 5.32 Å². The van der Waals surface area contributed by atoms with Gasteiger partial charge in [-0.15, -0.1) is 0 Å². The maximum Gasteiger partial charge on any atom is 0.251 e. The summed E-state index contributed by atoms with van der Waals surface area (Å²) < 4.78 is 0. The number of amides is 1. The number of benzene rings is 2. The van der Waals surface area contributed by atoms with E-state index in [4.69, 9.17) is 0 Å². The van der Waals surface area contributed by atoms with E-state index in [0.717, 1.165) is 11.1 Å². The smallest absolute Gasteiger partial charge is 0.251 e. The van der Waals surface area contributed by atoms with E-state index in [1.54, 1.807) is 30.5 Å². The Morgan fingerprint density at radius 3 is 2.50 bits per heavy atom. The van der Waals surface area contributed by atoms with Crippen LogP contribution >= 0.6 is 0 Å². The average Bonchev–Trinajstić information content (AvgIpc) is 2.61. The van der Waals surface area contributed by atoms with Crippen molar-refractivity contribution in [1.29, 1.82) is 0 Å². The van der Waals surface area contributed by atoms with Gasteiger partial charge in [0.25, 0.3) is 5.91 Å². The predicted molar refractivity (Wildman–Crippen MR) is 94.0 cm³/mol. The number of rotatable bonds is 7. The van der Waals surface area contributed by atoms with E-state index in [9.17, 15) is 9.90 Å². The van der Waals surface area contributed by atoms with Gasteiger partial charge in [0.15, 0.2) is 0 Å². The third-order valence-corrected chi connectivity index (χ3v) is 3.62. The summed E-state index contributed by atoms with van der Waals surface area (Å²) in [5.41, 5.74) is 2.26. The average molecular weight is 326 g/mol. The molecule has 0 aliphatic heterocycles. The van der Waals surface area contributed by atoms with Crippen LogP contribution in [-0.4, -0.2) is 30.4 Å². The highest BCUT2D eigenvalue weighted by Crippen LogP contribution is 2.17. The van der Waals surface area contributed by atoms with Gasteiger partial charge in [-0.2, -0.15) is 0 Å². The Bertz CT molecular complexity index is 669. The van der Waals surface area contributed by atoms with Crippen molar-refractivity contribution < 1.29 is 14.7 Å².